The van der Waals surface area contributed by atoms with E-state index in [1.165, 1.54) is 25.7 Å². The summed E-state index contributed by atoms with van der Waals surface area (Å²) >= 11 is 0. The third kappa shape index (κ3) is 3.72. The molecule has 4 heteroatoms. The van der Waals surface area contributed by atoms with E-state index in [1.807, 2.05) is 12.1 Å². The van der Waals surface area contributed by atoms with E-state index < -0.39 is 0 Å². The van der Waals surface area contributed by atoms with Crippen LogP contribution in [-0.2, 0) is 15.1 Å². The van der Waals surface area contributed by atoms with E-state index in [-0.39, 0.29) is 11.4 Å². The van der Waals surface area contributed by atoms with Gasteiger partial charge in [-0.1, -0.05) is 25.7 Å². The maximum atomic E-state index is 12.6. The smallest absolute Gasteiger partial charge is 0.222 e. The fourth-order valence-corrected chi connectivity index (χ4v) is 3.93. The molecule has 0 atom stereocenters. The monoisotopic (exact) mass is 304 g/mol. The predicted octanol–water partition coefficient (Wildman–Crippen LogP) is 3.22. The van der Waals surface area contributed by atoms with Crippen LogP contribution in [0.1, 0.15) is 57.8 Å². The van der Waals surface area contributed by atoms with Crippen molar-refractivity contribution in [2.45, 2.75) is 69.4 Å². The van der Waals surface area contributed by atoms with Crippen LogP contribution in [0.25, 0.3) is 0 Å². The summed E-state index contributed by atoms with van der Waals surface area (Å²) in [7, 11) is 0. The summed E-state index contributed by atoms with van der Waals surface area (Å²) in [6, 6.07) is 4.47. The van der Waals surface area contributed by atoms with Crippen molar-refractivity contribution in [2.24, 2.45) is 0 Å². The molecule has 1 aliphatic carbocycles. The summed E-state index contributed by atoms with van der Waals surface area (Å²) in [6.45, 7) is 1.49. The number of nitrogens with one attached hydrogen (secondary N) is 1. The van der Waals surface area contributed by atoms with Gasteiger partial charge in [0, 0.05) is 31.6 Å². The molecule has 1 N–H and O–H groups in total. The number of hydrogen-bond acceptors (Lipinski definition) is 2. The maximum Gasteiger partial charge on any atom is 0.222 e. The van der Waals surface area contributed by atoms with Gasteiger partial charge < -0.3 is 14.6 Å². The lowest BCUT2D eigenvalue weighted by Crippen LogP contribution is -2.45. The molecular formula is C18H28N2O2. The molecule has 0 spiro atoms. The van der Waals surface area contributed by atoms with Crippen LogP contribution in [0.15, 0.2) is 24.5 Å². The second-order valence-electron chi connectivity index (χ2n) is 6.86. The van der Waals surface area contributed by atoms with Crippen molar-refractivity contribution in [2.75, 3.05) is 13.2 Å². The maximum absolute atomic E-state index is 12.6. The molecule has 1 aliphatic heterocycles. The number of ether oxygens (including phenoxy) is 1. The first kappa shape index (κ1) is 15.6. The van der Waals surface area contributed by atoms with E-state index >= 15 is 0 Å². The van der Waals surface area contributed by atoms with Crippen LogP contribution in [0.5, 0.6) is 0 Å². The molecule has 0 unspecified atom stereocenters. The highest BCUT2D eigenvalue weighted by Crippen LogP contribution is 2.33. The number of amides is 1. The average Bonchev–Trinajstić information content (AvgIpc) is 2.95. The molecule has 0 radical (unpaired) electrons. The standard InChI is InChI=1S/C18H28N2O2/c21-17(19-16-7-3-1-2-4-8-16)15-18(9-13-22-14-10-18)20-11-5-6-12-20/h5-6,11-12,16H,1-4,7-10,13-15H2,(H,19,21). The fraction of sp³-hybridized carbons (Fsp3) is 0.722. The minimum atomic E-state index is -0.101. The highest BCUT2D eigenvalue weighted by atomic mass is 16.5. The van der Waals surface area contributed by atoms with Gasteiger partial charge in [0.05, 0.1) is 12.0 Å². The summed E-state index contributed by atoms with van der Waals surface area (Å²) in [6.07, 6.45) is 14.0. The Kier molecular flexibility index (Phi) is 5.19. The quantitative estimate of drug-likeness (QED) is 0.868. The zero-order valence-electron chi connectivity index (χ0n) is 13.4. The van der Waals surface area contributed by atoms with Gasteiger partial charge in [-0.05, 0) is 37.8 Å². The number of nitrogens with zero attached hydrogens (tertiary/aromatic N) is 1. The Morgan fingerprint density at radius 2 is 1.73 bits per heavy atom. The molecule has 1 aromatic rings. The highest BCUT2D eigenvalue weighted by molar-refractivity contribution is 5.77. The molecule has 0 aromatic carbocycles. The minimum absolute atomic E-state index is 0.101. The van der Waals surface area contributed by atoms with Crippen molar-refractivity contribution in [1.82, 2.24) is 9.88 Å². The fourth-order valence-electron chi connectivity index (χ4n) is 3.93. The predicted molar refractivity (Wildman–Crippen MR) is 86.7 cm³/mol. The molecule has 1 saturated carbocycles. The first-order chi connectivity index (χ1) is 10.8. The summed E-state index contributed by atoms with van der Waals surface area (Å²) in [5, 5.41) is 3.30. The summed E-state index contributed by atoms with van der Waals surface area (Å²) < 4.78 is 7.75. The summed E-state index contributed by atoms with van der Waals surface area (Å²) in [5.41, 5.74) is -0.101. The lowest BCUT2D eigenvalue weighted by Gasteiger charge is -2.38. The SMILES string of the molecule is O=C(CC1(n2cccc2)CCOCC1)NC1CCCCCC1. The Hall–Kier alpha value is -1.29. The van der Waals surface area contributed by atoms with E-state index in [1.54, 1.807) is 0 Å². The Morgan fingerprint density at radius 3 is 2.36 bits per heavy atom. The van der Waals surface area contributed by atoms with Crippen molar-refractivity contribution in [3.05, 3.63) is 24.5 Å². The molecular weight excluding hydrogens is 276 g/mol. The largest absolute Gasteiger partial charge is 0.381 e. The zero-order valence-corrected chi connectivity index (χ0v) is 13.4. The number of carbonyl (C=O) groups is 1. The van der Waals surface area contributed by atoms with Crippen molar-refractivity contribution in [3.8, 4) is 0 Å². The Bertz CT molecular complexity index is 455. The molecule has 1 saturated heterocycles. The number of hydrogen-bond donors (Lipinski definition) is 1. The van der Waals surface area contributed by atoms with Crippen LogP contribution in [-0.4, -0.2) is 29.7 Å². The second-order valence-corrected chi connectivity index (χ2v) is 6.86. The number of aromatic nitrogens is 1. The van der Waals surface area contributed by atoms with E-state index in [0.29, 0.717) is 12.5 Å². The number of rotatable bonds is 4. The van der Waals surface area contributed by atoms with Gasteiger partial charge in [0.2, 0.25) is 5.91 Å². The summed E-state index contributed by atoms with van der Waals surface area (Å²) in [4.78, 5) is 12.6. The first-order valence-electron chi connectivity index (χ1n) is 8.79. The Balaban J connectivity index is 1.64. The lowest BCUT2D eigenvalue weighted by molar-refractivity contribution is -0.125. The molecule has 0 bridgehead atoms. The van der Waals surface area contributed by atoms with Gasteiger partial charge in [0.15, 0.2) is 0 Å². The van der Waals surface area contributed by atoms with E-state index in [4.69, 9.17) is 4.74 Å². The Morgan fingerprint density at radius 1 is 1.09 bits per heavy atom. The Labute approximate surface area is 133 Å². The van der Waals surface area contributed by atoms with Crippen molar-refractivity contribution < 1.29 is 9.53 Å². The number of carbonyl (C=O) groups excluding carboxylic acids is 1. The van der Waals surface area contributed by atoms with Crippen molar-refractivity contribution >= 4 is 5.91 Å². The van der Waals surface area contributed by atoms with Crippen molar-refractivity contribution in [1.29, 1.82) is 0 Å². The molecule has 2 fully saturated rings. The molecule has 22 heavy (non-hydrogen) atoms. The van der Waals surface area contributed by atoms with Crippen LogP contribution in [0.3, 0.4) is 0 Å². The van der Waals surface area contributed by atoms with E-state index in [2.05, 4.69) is 22.3 Å². The zero-order chi connectivity index (χ0) is 15.3. The molecule has 2 aliphatic rings. The van der Waals surface area contributed by atoms with Gasteiger partial charge in [-0.3, -0.25) is 4.79 Å². The second kappa shape index (κ2) is 7.32. The van der Waals surface area contributed by atoms with Crippen LogP contribution >= 0.6 is 0 Å². The van der Waals surface area contributed by atoms with Gasteiger partial charge in [0.25, 0.3) is 0 Å². The molecule has 3 rings (SSSR count). The van der Waals surface area contributed by atoms with Gasteiger partial charge in [0.1, 0.15) is 0 Å². The van der Waals surface area contributed by atoms with Gasteiger partial charge in [-0.2, -0.15) is 0 Å². The molecule has 1 amide bonds. The third-order valence-corrected chi connectivity index (χ3v) is 5.29. The van der Waals surface area contributed by atoms with Crippen LogP contribution in [0, 0.1) is 0 Å². The molecule has 1 aromatic heterocycles. The van der Waals surface area contributed by atoms with Crippen molar-refractivity contribution in [3.63, 3.8) is 0 Å². The third-order valence-electron chi connectivity index (χ3n) is 5.29. The topological polar surface area (TPSA) is 43.3 Å². The van der Waals surface area contributed by atoms with E-state index in [9.17, 15) is 4.79 Å². The van der Waals surface area contributed by atoms with Gasteiger partial charge in [-0.25, -0.2) is 0 Å². The minimum Gasteiger partial charge on any atom is -0.381 e. The van der Waals surface area contributed by atoms with Crippen LogP contribution in [0.4, 0.5) is 0 Å². The lowest BCUT2D eigenvalue weighted by atomic mass is 9.85. The molecule has 2 heterocycles. The molecule has 122 valence electrons. The normalized spacial score (nSPS) is 22.9. The van der Waals surface area contributed by atoms with E-state index in [0.717, 1.165) is 38.9 Å². The highest BCUT2D eigenvalue weighted by Gasteiger charge is 2.36. The van der Waals surface area contributed by atoms with Gasteiger partial charge >= 0.3 is 0 Å². The van der Waals surface area contributed by atoms with Gasteiger partial charge in [-0.15, -0.1) is 0 Å². The summed E-state index contributed by atoms with van der Waals surface area (Å²) in [5.74, 6) is 0.211. The van der Waals surface area contributed by atoms with Crippen LogP contribution < -0.4 is 5.32 Å². The average molecular weight is 304 g/mol. The first-order valence-corrected chi connectivity index (χ1v) is 8.79. The molecule has 4 nitrogen and oxygen atoms in total. The van der Waals surface area contributed by atoms with Crippen LogP contribution in [0.2, 0.25) is 0 Å².